The highest BCUT2D eigenvalue weighted by molar-refractivity contribution is 9.10. The topological polar surface area (TPSA) is 66.8 Å². The van der Waals surface area contributed by atoms with E-state index in [9.17, 15) is 14.7 Å². The lowest BCUT2D eigenvalue weighted by molar-refractivity contribution is -0.132. The molecule has 0 spiro atoms. The predicted molar refractivity (Wildman–Crippen MR) is 123 cm³/mol. The van der Waals surface area contributed by atoms with Gasteiger partial charge in [-0.15, -0.1) is 0 Å². The molecule has 1 aliphatic heterocycles. The van der Waals surface area contributed by atoms with Crippen molar-refractivity contribution >= 4 is 50.7 Å². The normalized spacial score (nSPS) is 17.8. The molecular formula is C24H17BrClNO4. The summed E-state index contributed by atoms with van der Waals surface area (Å²) in [5.41, 5.74) is 1.63. The maximum Gasteiger partial charge on any atom is 0.300 e. The van der Waals surface area contributed by atoms with Gasteiger partial charge in [0.15, 0.2) is 0 Å². The summed E-state index contributed by atoms with van der Waals surface area (Å²) in [7, 11) is 1.55. The number of amides is 1. The highest BCUT2D eigenvalue weighted by Crippen LogP contribution is 2.42. The van der Waals surface area contributed by atoms with Crippen molar-refractivity contribution in [3.63, 3.8) is 0 Å². The molecule has 1 aliphatic rings. The van der Waals surface area contributed by atoms with Gasteiger partial charge in [-0.2, -0.15) is 0 Å². The number of ketones is 1. The highest BCUT2D eigenvalue weighted by Gasteiger charge is 2.46. The van der Waals surface area contributed by atoms with E-state index in [4.69, 9.17) is 16.3 Å². The number of anilines is 1. The number of benzene rings is 3. The summed E-state index contributed by atoms with van der Waals surface area (Å²) >= 11 is 9.36. The Kier molecular flexibility index (Phi) is 5.85. The average Bonchev–Trinajstić information content (AvgIpc) is 3.05. The zero-order valence-electron chi connectivity index (χ0n) is 16.4. The van der Waals surface area contributed by atoms with Gasteiger partial charge < -0.3 is 9.84 Å². The largest absolute Gasteiger partial charge is 0.507 e. The zero-order chi connectivity index (χ0) is 22.1. The first-order chi connectivity index (χ1) is 14.9. The maximum atomic E-state index is 13.1. The Hall–Kier alpha value is -3.09. The van der Waals surface area contributed by atoms with E-state index in [2.05, 4.69) is 15.9 Å². The summed E-state index contributed by atoms with van der Waals surface area (Å²) in [5, 5.41) is 11.5. The summed E-state index contributed by atoms with van der Waals surface area (Å²) in [6.07, 6.45) is 0. The van der Waals surface area contributed by atoms with Gasteiger partial charge in [0.25, 0.3) is 11.7 Å². The number of rotatable bonds is 4. The molecule has 1 saturated heterocycles. The number of aliphatic hydroxyl groups excluding tert-OH is 1. The first-order valence-electron chi connectivity index (χ1n) is 9.37. The van der Waals surface area contributed by atoms with Crippen molar-refractivity contribution in [3.05, 3.63) is 99.0 Å². The predicted octanol–water partition coefficient (Wildman–Crippen LogP) is 5.74. The van der Waals surface area contributed by atoms with Gasteiger partial charge >= 0.3 is 0 Å². The van der Waals surface area contributed by atoms with E-state index in [1.165, 1.54) is 4.90 Å². The monoisotopic (exact) mass is 497 g/mol. The third-order valence-electron chi connectivity index (χ3n) is 5.10. The Morgan fingerprint density at radius 2 is 1.58 bits per heavy atom. The molecule has 0 saturated carbocycles. The van der Waals surface area contributed by atoms with Crippen LogP contribution in [0.1, 0.15) is 17.2 Å². The van der Waals surface area contributed by atoms with Gasteiger partial charge in [0, 0.05) is 20.7 Å². The lowest BCUT2D eigenvalue weighted by atomic mass is 9.95. The van der Waals surface area contributed by atoms with Crippen LogP contribution in [0.3, 0.4) is 0 Å². The number of aliphatic hydroxyl groups is 1. The minimum atomic E-state index is -0.794. The van der Waals surface area contributed by atoms with Crippen molar-refractivity contribution in [2.24, 2.45) is 0 Å². The van der Waals surface area contributed by atoms with Crippen molar-refractivity contribution < 1.29 is 19.4 Å². The van der Waals surface area contributed by atoms with Crippen LogP contribution in [-0.2, 0) is 9.59 Å². The number of carbonyl (C=O) groups is 2. The molecular weight excluding hydrogens is 482 g/mol. The average molecular weight is 499 g/mol. The van der Waals surface area contributed by atoms with E-state index in [0.29, 0.717) is 27.6 Å². The van der Waals surface area contributed by atoms with Crippen LogP contribution in [0, 0.1) is 0 Å². The second kappa shape index (κ2) is 8.57. The molecule has 0 radical (unpaired) electrons. The van der Waals surface area contributed by atoms with E-state index < -0.39 is 17.7 Å². The second-order valence-corrected chi connectivity index (χ2v) is 8.28. The van der Waals surface area contributed by atoms with Crippen molar-refractivity contribution in [1.82, 2.24) is 0 Å². The number of Topliss-reactive ketones (excluding diaryl/α,β-unsaturated/α-hetero) is 1. The lowest BCUT2D eigenvalue weighted by Crippen LogP contribution is -2.29. The van der Waals surface area contributed by atoms with Gasteiger partial charge in [-0.3, -0.25) is 14.5 Å². The number of carbonyl (C=O) groups excluding carboxylic acids is 2. The third-order valence-corrected chi connectivity index (χ3v) is 5.88. The van der Waals surface area contributed by atoms with Gasteiger partial charge in [0.1, 0.15) is 11.5 Å². The Bertz CT molecular complexity index is 1170. The lowest BCUT2D eigenvalue weighted by Gasteiger charge is -2.25. The summed E-state index contributed by atoms with van der Waals surface area (Å²) in [6.45, 7) is 0. The molecule has 4 rings (SSSR count). The number of methoxy groups -OCH3 is 1. The molecule has 156 valence electrons. The highest BCUT2D eigenvalue weighted by atomic mass is 79.9. The molecule has 3 aromatic rings. The molecule has 5 nitrogen and oxygen atoms in total. The molecule has 0 bridgehead atoms. The van der Waals surface area contributed by atoms with Gasteiger partial charge in [-0.25, -0.2) is 0 Å². The fraction of sp³-hybridized carbons (Fsp3) is 0.0833. The Balaban J connectivity index is 1.91. The van der Waals surface area contributed by atoms with Crippen LogP contribution in [-0.4, -0.2) is 23.9 Å². The van der Waals surface area contributed by atoms with Crippen LogP contribution in [0.2, 0.25) is 5.02 Å². The molecule has 1 heterocycles. The van der Waals surface area contributed by atoms with Gasteiger partial charge in [-0.05, 0) is 66.2 Å². The van der Waals surface area contributed by atoms with Gasteiger partial charge in [0.05, 0.1) is 18.7 Å². The SMILES string of the molecule is COc1ccc(N2C(=O)C(=O)/C(=C(/O)c3ccc(Cl)cc3)[C@H]2c2ccc(Br)cc2)cc1. The summed E-state index contributed by atoms with van der Waals surface area (Å²) in [4.78, 5) is 27.6. The number of hydrogen-bond acceptors (Lipinski definition) is 4. The van der Waals surface area contributed by atoms with E-state index >= 15 is 0 Å². The number of nitrogens with zero attached hydrogens (tertiary/aromatic N) is 1. The van der Waals surface area contributed by atoms with Gasteiger partial charge in [-0.1, -0.05) is 39.7 Å². The standard InChI is InChI=1S/C24H17BrClNO4/c1-31-19-12-10-18(11-13-19)27-21(14-2-6-16(25)7-3-14)20(23(29)24(27)30)22(28)15-4-8-17(26)9-5-15/h2-13,21,28H,1H3/b22-20+/t21-/m1/s1. The first kappa shape index (κ1) is 21.2. The van der Waals surface area contributed by atoms with Crippen molar-refractivity contribution in [2.45, 2.75) is 6.04 Å². The van der Waals surface area contributed by atoms with E-state index in [0.717, 1.165) is 4.47 Å². The first-order valence-corrected chi connectivity index (χ1v) is 10.5. The smallest absolute Gasteiger partial charge is 0.300 e. The number of hydrogen-bond donors (Lipinski definition) is 1. The minimum absolute atomic E-state index is 0.0189. The molecule has 31 heavy (non-hydrogen) atoms. The van der Waals surface area contributed by atoms with E-state index in [1.807, 2.05) is 24.3 Å². The zero-order valence-corrected chi connectivity index (χ0v) is 18.7. The van der Waals surface area contributed by atoms with Crippen LogP contribution in [0.5, 0.6) is 5.75 Å². The minimum Gasteiger partial charge on any atom is -0.507 e. The number of ether oxygens (including phenoxy) is 1. The molecule has 0 aromatic heterocycles. The van der Waals surface area contributed by atoms with Crippen LogP contribution in [0.4, 0.5) is 5.69 Å². The molecule has 1 fully saturated rings. The maximum absolute atomic E-state index is 13.1. The van der Waals surface area contributed by atoms with E-state index in [1.54, 1.807) is 55.6 Å². The Labute approximate surface area is 192 Å². The van der Waals surface area contributed by atoms with Crippen LogP contribution in [0.25, 0.3) is 5.76 Å². The second-order valence-electron chi connectivity index (χ2n) is 6.93. The number of halogens is 2. The molecule has 1 amide bonds. The summed E-state index contributed by atoms with van der Waals surface area (Å²) < 4.78 is 6.05. The Morgan fingerprint density at radius 1 is 0.968 bits per heavy atom. The molecule has 1 atom stereocenters. The van der Waals surface area contributed by atoms with E-state index in [-0.39, 0.29) is 11.3 Å². The quantitative estimate of drug-likeness (QED) is 0.283. The van der Waals surface area contributed by atoms with Crippen LogP contribution < -0.4 is 9.64 Å². The van der Waals surface area contributed by atoms with Crippen molar-refractivity contribution in [2.75, 3.05) is 12.0 Å². The fourth-order valence-corrected chi connectivity index (χ4v) is 3.96. The van der Waals surface area contributed by atoms with Gasteiger partial charge in [0.2, 0.25) is 0 Å². The molecule has 3 aromatic carbocycles. The fourth-order valence-electron chi connectivity index (χ4n) is 3.57. The third kappa shape index (κ3) is 3.96. The van der Waals surface area contributed by atoms with Crippen molar-refractivity contribution in [1.29, 1.82) is 0 Å². The molecule has 1 N–H and O–H groups in total. The molecule has 0 aliphatic carbocycles. The van der Waals surface area contributed by atoms with Crippen LogP contribution >= 0.6 is 27.5 Å². The van der Waals surface area contributed by atoms with Crippen LogP contribution in [0.15, 0.2) is 82.8 Å². The summed E-state index contributed by atoms with van der Waals surface area (Å²) in [5.74, 6) is -1.09. The molecule has 0 unspecified atom stereocenters. The Morgan fingerprint density at radius 3 is 2.16 bits per heavy atom. The summed E-state index contributed by atoms with van der Waals surface area (Å²) in [6, 6.07) is 19.8. The molecule has 7 heteroatoms. The van der Waals surface area contributed by atoms with Crippen molar-refractivity contribution in [3.8, 4) is 5.75 Å².